The molecule has 0 radical (unpaired) electrons. The van der Waals surface area contributed by atoms with E-state index in [1.807, 2.05) is 13.8 Å². The van der Waals surface area contributed by atoms with Crippen LogP contribution in [-0.4, -0.2) is 38.0 Å². The summed E-state index contributed by atoms with van der Waals surface area (Å²) in [4.78, 5) is 0. The summed E-state index contributed by atoms with van der Waals surface area (Å²) >= 11 is 0. The first kappa shape index (κ1) is 28.8. The van der Waals surface area contributed by atoms with Gasteiger partial charge in [-0.3, -0.25) is 0 Å². The Morgan fingerprint density at radius 3 is 1.28 bits per heavy atom. The van der Waals surface area contributed by atoms with Crippen LogP contribution in [0.4, 0.5) is 0 Å². The van der Waals surface area contributed by atoms with Gasteiger partial charge in [0.05, 0.1) is 11.2 Å². The van der Waals surface area contributed by atoms with Crippen molar-refractivity contribution < 1.29 is 14.3 Å². The van der Waals surface area contributed by atoms with Crippen LogP contribution in [0.1, 0.15) is 80.1 Å². The molecule has 0 rings (SSSR count). The van der Waals surface area contributed by atoms with Crippen molar-refractivity contribution in [1.82, 2.24) is 0 Å². The number of rotatable bonds is 14. The molecule has 0 amide bonds. The smallest absolute Gasteiger partial charge is 0.173 e. The minimum absolute atomic E-state index is 0.625. The lowest BCUT2D eigenvalue weighted by molar-refractivity contribution is 0.0467. The Morgan fingerprint density at radius 2 is 1.00 bits per heavy atom. The van der Waals surface area contributed by atoms with Crippen LogP contribution in [0.3, 0.4) is 0 Å². The first-order chi connectivity index (χ1) is 13.0. The van der Waals surface area contributed by atoms with Crippen molar-refractivity contribution in [3.05, 3.63) is 23.3 Å². The van der Waals surface area contributed by atoms with Crippen molar-refractivity contribution in [3.63, 3.8) is 0 Å². The number of aliphatic hydroxyl groups is 2. The van der Waals surface area contributed by atoms with E-state index in [4.69, 9.17) is 4.12 Å². The summed E-state index contributed by atoms with van der Waals surface area (Å²) in [5, 5.41) is 21.5. The summed E-state index contributed by atoms with van der Waals surface area (Å²) < 4.78 is 6.73. The molecule has 0 aliphatic carbocycles. The van der Waals surface area contributed by atoms with Crippen molar-refractivity contribution in [3.8, 4) is 0 Å². The topological polar surface area (TPSA) is 49.7 Å². The average Bonchev–Trinajstić information content (AvgIpc) is 2.50. The highest BCUT2D eigenvalue weighted by Crippen LogP contribution is 2.30. The molecule has 0 aromatic rings. The molecule has 0 aromatic carbocycles. The van der Waals surface area contributed by atoms with E-state index in [9.17, 15) is 10.2 Å². The second-order valence-electron chi connectivity index (χ2n) is 11.3. The molecule has 0 fully saturated rings. The van der Waals surface area contributed by atoms with Gasteiger partial charge in [-0.2, -0.15) is 0 Å². The molecule has 0 saturated heterocycles. The zero-order valence-electron chi connectivity index (χ0n) is 21.1. The molecule has 2 N–H and O–H groups in total. The molecule has 172 valence electrons. The predicted molar refractivity (Wildman–Crippen MR) is 133 cm³/mol. The largest absolute Gasteiger partial charge is 0.455 e. The maximum Gasteiger partial charge on any atom is 0.173 e. The van der Waals surface area contributed by atoms with Crippen LogP contribution in [-0.2, 0) is 4.12 Å². The van der Waals surface area contributed by atoms with E-state index < -0.39 is 27.8 Å². The van der Waals surface area contributed by atoms with E-state index in [0.29, 0.717) is 0 Å². The molecule has 0 bridgehead atoms. The van der Waals surface area contributed by atoms with Gasteiger partial charge in [0.1, 0.15) is 0 Å². The normalized spacial score (nSPS) is 16.7. The van der Waals surface area contributed by atoms with E-state index >= 15 is 0 Å². The first-order valence-corrected chi connectivity index (χ1v) is 17.6. The van der Waals surface area contributed by atoms with Gasteiger partial charge < -0.3 is 14.3 Å². The fraction of sp³-hybridized carbons (Fsp3) is 0.833. The van der Waals surface area contributed by atoms with E-state index in [0.717, 1.165) is 50.6 Å². The molecule has 0 aromatic heterocycles. The van der Waals surface area contributed by atoms with Crippen molar-refractivity contribution in [2.45, 2.75) is 130 Å². The van der Waals surface area contributed by atoms with Crippen LogP contribution in [0.5, 0.6) is 0 Å². The quantitative estimate of drug-likeness (QED) is 0.221. The Balaban J connectivity index is 4.59. The Hall–Kier alpha value is -0.206. The third-order valence-electron chi connectivity index (χ3n) is 5.55. The molecular weight excluding hydrogens is 392 g/mol. The van der Waals surface area contributed by atoms with Gasteiger partial charge in [0.25, 0.3) is 0 Å². The Morgan fingerprint density at radius 1 is 0.690 bits per heavy atom. The lowest BCUT2D eigenvalue weighted by atomic mass is 9.96. The fourth-order valence-electron chi connectivity index (χ4n) is 3.58. The fourth-order valence-corrected chi connectivity index (χ4v) is 12.7. The molecule has 3 nitrogen and oxygen atoms in total. The second kappa shape index (κ2) is 12.0. The van der Waals surface area contributed by atoms with E-state index in [1.54, 1.807) is 0 Å². The molecule has 29 heavy (non-hydrogen) atoms. The maximum atomic E-state index is 10.7. The van der Waals surface area contributed by atoms with Gasteiger partial charge in [0.2, 0.25) is 0 Å². The molecule has 0 aliphatic rings. The highest BCUT2D eigenvalue weighted by molar-refractivity contribution is 6.84. The van der Waals surface area contributed by atoms with Gasteiger partial charge in [0.15, 0.2) is 16.6 Å². The molecule has 2 atom stereocenters. The monoisotopic (exact) mass is 442 g/mol. The minimum Gasteiger partial charge on any atom is -0.455 e. The molecule has 2 unspecified atom stereocenters. The van der Waals surface area contributed by atoms with Crippen molar-refractivity contribution in [1.29, 1.82) is 0 Å². The van der Waals surface area contributed by atoms with Crippen molar-refractivity contribution >= 4 is 16.6 Å². The number of hydrogen-bond acceptors (Lipinski definition) is 3. The molecular formula is C24H50O3Si2. The molecule has 5 heteroatoms. The lowest BCUT2D eigenvalue weighted by Gasteiger charge is -2.37. The third kappa shape index (κ3) is 16.2. The van der Waals surface area contributed by atoms with Crippen LogP contribution in [0, 0.1) is 0 Å². The van der Waals surface area contributed by atoms with Gasteiger partial charge >= 0.3 is 0 Å². The highest BCUT2D eigenvalue weighted by atomic mass is 28.4. The zero-order valence-corrected chi connectivity index (χ0v) is 23.1. The summed E-state index contributed by atoms with van der Waals surface area (Å²) in [5.74, 6) is 0. The average molecular weight is 443 g/mol. The Labute approximate surface area is 183 Å². The van der Waals surface area contributed by atoms with E-state index in [-0.39, 0.29) is 0 Å². The van der Waals surface area contributed by atoms with Crippen LogP contribution in [0.15, 0.2) is 23.3 Å². The highest BCUT2D eigenvalue weighted by Gasteiger charge is 2.36. The van der Waals surface area contributed by atoms with Gasteiger partial charge in [0, 0.05) is 0 Å². The van der Waals surface area contributed by atoms with Crippen molar-refractivity contribution in [2.75, 3.05) is 0 Å². The summed E-state index contributed by atoms with van der Waals surface area (Å²) in [6.45, 7) is 21.4. The third-order valence-corrected chi connectivity index (χ3v) is 12.9. The van der Waals surface area contributed by atoms with Crippen LogP contribution < -0.4 is 0 Å². The lowest BCUT2D eigenvalue weighted by Crippen LogP contribution is -2.46. The SMILES string of the molecule is CC(C)=CCCC(C)(O)CC[Si](C)(C)O[Si](C)(C)CCC(C)(O)CCC=C(C)C. The molecule has 0 spiro atoms. The first-order valence-electron chi connectivity index (χ1n) is 11.4. The Bertz CT molecular complexity index is 490. The van der Waals surface area contributed by atoms with Crippen LogP contribution in [0.25, 0.3) is 0 Å². The molecule has 0 saturated carbocycles. The Kier molecular flexibility index (Phi) is 11.9. The van der Waals surface area contributed by atoms with Gasteiger partial charge in [-0.1, -0.05) is 23.3 Å². The summed E-state index contributed by atoms with van der Waals surface area (Å²) in [5.41, 5.74) is 1.37. The van der Waals surface area contributed by atoms with Gasteiger partial charge in [-0.05, 0) is 118 Å². The van der Waals surface area contributed by atoms with E-state index in [2.05, 4.69) is 66.0 Å². The molecule has 0 heterocycles. The minimum atomic E-state index is -1.85. The maximum absolute atomic E-state index is 10.7. The number of hydrogen-bond donors (Lipinski definition) is 2. The van der Waals surface area contributed by atoms with Gasteiger partial charge in [-0.15, -0.1) is 0 Å². The predicted octanol–water partition coefficient (Wildman–Crippen LogP) is 7.19. The standard InChI is InChI=1S/C24H50O3Si2/c1-21(2)13-11-15-23(5,25)17-19-28(7,8)27-29(9,10)20-18-24(6,26)16-12-14-22(3)4/h13-14,25-26H,11-12,15-20H2,1-10H3. The van der Waals surface area contributed by atoms with Gasteiger partial charge in [-0.25, -0.2) is 0 Å². The summed E-state index contributed by atoms with van der Waals surface area (Å²) in [6, 6.07) is 1.95. The van der Waals surface area contributed by atoms with E-state index in [1.165, 1.54) is 11.1 Å². The van der Waals surface area contributed by atoms with Crippen LogP contribution >= 0.6 is 0 Å². The molecule has 0 aliphatic heterocycles. The van der Waals surface area contributed by atoms with Crippen molar-refractivity contribution in [2.24, 2.45) is 0 Å². The zero-order chi connectivity index (χ0) is 22.9. The summed E-state index contributed by atoms with van der Waals surface area (Å²) in [6.07, 6.45) is 9.47. The number of allylic oxidation sites excluding steroid dienone is 4. The second-order valence-corrected chi connectivity index (χ2v) is 20.1. The summed E-state index contributed by atoms with van der Waals surface area (Å²) in [7, 11) is -3.70. The van der Waals surface area contributed by atoms with Crippen LogP contribution in [0.2, 0.25) is 38.3 Å².